The minimum Gasteiger partial charge on any atom is -0.493 e. The van der Waals surface area contributed by atoms with Crippen molar-refractivity contribution in [2.75, 3.05) is 14.2 Å². The normalized spacial score (nSPS) is 10.7. The molecule has 0 aliphatic carbocycles. The Hall–Kier alpha value is -2.43. The molecule has 0 spiro atoms. The molecule has 0 bridgehead atoms. The van der Waals surface area contributed by atoms with Gasteiger partial charge >= 0.3 is 0 Å². The van der Waals surface area contributed by atoms with Gasteiger partial charge in [0.15, 0.2) is 11.5 Å². The highest BCUT2D eigenvalue weighted by Crippen LogP contribution is 2.29. The van der Waals surface area contributed by atoms with Gasteiger partial charge in [0.05, 0.1) is 19.8 Å². The summed E-state index contributed by atoms with van der Waals surface area (Å²) in [5, 5.41) is 0. The maximum Gasteiger partial charge on any atom is 0.254 e. The molecule has 1 aromatic carbocycles. The van der Waals surface area contributed by atoms with Crippen molar-refractivity contribution in [3.63, 3.8) is 0 Å². The molecule has 0 atom stereocenters. The standard InChI is InChI=1S/C18H23NO4/c1-12(2)22-16-9-7-14(10-17(16)21-5)18(20)19(4)11-15-8-6-13(3)23-15/h6-10,12H,11H2,1-5H3. The van der Waals surface area contributed by atoms with Gasteiger partial charge < -0.3 is 18.8 Å². The third-order valence-corrected chi connectivity index (χ3v) is 3.31. The van der Waals surface area contributed by atoms with Crippen molar-refractivity contribution >= 4 is 5.91 Å². The molecule has 1 amide bonds. The van der Waals surface area contributed by atoms with Gasteiger partial charge in [-0.05, 0) is 51.1 Å². The third kappa shape index (κ3) is 4.28. The van der Waals surface area contributed by atoms with Gasteiger partial charge in [0, 0.05) is 12.6 Å². The predicted molar refractivity (Wildman–Crippen MR) is 88.0 cm³/mol. The first-order valence-electron chi connectivity index (χ1n) is 7.56. The molecule has 0 N–H and O–H groups in total. The lowest BCUT2D eigenvalue weighted by Crippen LogP contribution is -2.26. The van der Waals surface area contributed by atoms with Gasteiger partial charge in [0.1, 0.15) is 11.5 Å². The monoisotopic (exact) mass is 317 g/mol. The molecule has 1 heterocycles. The molecule has 0 unspecified atom stereocenters. The molecule has 2 rings (SSSR count). The van der Waals surface area contributed by atoms with Crippen molar-refractivity contribution in [2.24, 2.45) is 0 Å². The van der Waals surface area contributed by atoms with E-state index in [-0.39, 0.29) is 12.0 Å². The molecule has 0 saturated heterocycles. The Morgan fingerprint density at radius 1 is 1.22 bits per heavy atom. The van der Waals surface area contributed by atoms with E-state index in [0.29, 0.717) is 23.6 Å². The fraction of sp³-hybridized carbons (Fsp3) is 0.389. The van der Waals surface area contributed by atoms with E-state index < -0.39 is 0 Å². The minimum absolute atomic E-state index is 0.0373. The zero-order valence-corrected chi connectivity index (χ0v) is 14.3. The van der Waals surface area contributed by atoms with Crippen LogP contribution in [0.15, 0.2) is 34.7 Å². The Bertz CT molecular complexity index is 675. The van der Waals surface area contributed by atoms with Crippen LogP contribution in [0.25, 0.3) is 0 Å². The van der Waals surface area contributed by atoms with Crippen LogP contribution in [0.5, 0.6) is 11.5 Å². The van der Waals surface area contributed by atoms with Gasteiger partial charge in [0.25, 0.3) is 5.91 Å². The van der Waals surface area contributed by atoms with E-state index in [0.717, 1.165) is 11.5 Å². The van der Waals surface area contributed by atoms with Gasteiger partial charge in [-0.25, -0.2) is 0 Å². The Morgan fingerprint density at radius 2 is 1.96 bits per heavy atom. The molecule has 5 nitrogen and oxygen atoms in total. The van der Waals surface area contributed by atoms with Crippen LogP contribution in [-0.2, 0) is 6.54 Å². The topological polar surface area (TPSA) is 51.9 Å². The summed E-state index contributed by atoms with van der Waals surface area (Å²) >= 11 is 0. The van der Waals surface area contributed by atoms with Crippen molar-refractivity contribution in [3.8, 4) is 11.5 Å². The van der Waals surface area contributed by atoms with Crippen LogP contribution in [0.4, 0.5) is 0 Å². The highest BCUT2D eigenvalue weighted by Gasteiger charge is 2.16. The van der Waals surface area contributed by atoms with Crippen LogP contribution < -0.4 is 9.47 Å². The first-order chi connectivity index (χ1) is 10.9. The lowest BCUT2D eigenvalue weighted by atomic mass is 10.1. The number of benzene rings is 1. The van der Waals surface area contributed by atoms with Crippen LogP contribution in [0, 0.1) is 6.92 Å². The largest absolute Gasteiger partial charge is 0.493 e. The summed E-state index contributed by atoms with van der Waals surface area (Å²) in [4.78, 5) is 14.2. The van der Waals surface area contributed by atoms with Crippen LogP contribution in [-0.4, -0.2) is 31.1 Å². The molecule has 1 aromatic heterocycles. The molecule has 23 heavy (non-hydrogen) atoms. The number of amides is 1. The lowest BCUT2D eigenvalue weighted by Gasteiger charge is -2.18. The van der Waals surface area contributed by atoms with Gasteiger partial charge in [-0.15, -0.1) is 0 Å². The maximum absolute atomic E-state index is 12.5. The average molecular weight is 317 g/mol. The number of aryl methyl sites for hydroxylation is 1. The number of carbonyl (C=O) groups excluding carboxylic acids is 1. The van der Waals surface area contributed by atoms with Crippen LogP contribution >= 0.6 is 0 Å². The number of hydrogen-bond donors (Lipinski definition) is 0. The fourth-order valence-electron chi connectivity index (χ4n) is 2.25. The van der Waals surface area contributed by atoms with Gasteiger partial charge in [-0.3, -0.25) is 4.79 Å². The number of methoxy groups -OCH3 is 1. The Morgan fingerprint density at radius 3 is 2.52 bits per heavy atom. The highest BCUT2D eigenvalue weighted by atomic mass is 16.5. The molecular weight excluding hydrogens is 294 g/mol. The average Bonchev–Trinajstić information content (AvgIpc) is 2.91. The zero-order valence-electron chi connectivity index (χ0n) is 14.3. The van der Waals surface area contributed by atoms with Crippen LogP contribution in [0.2, 0.25) is 0 Å². The predicted octanol–water partition coefficient (Wildman–Crippen LogP) is 3.66. The van der Waals surface area contributed by atoms with Crippen molar-refractivity contribution < 1.29 is 18.7 Å². The van der Waals surface area contributed by atoms with Gasteiger partial charge in [-0.2, -0.15) is 0 Å². The SMILES string of the molecule is COc1cc(C(=O)N(C)Cc2ccc(C)o2)ccc1OC(C)C. The first-order valence-corrected chi connectivity index (χ1v) is 7.56. The minimum atomic E-state index is -0.103. The molecule has 0 aliphatic rings. The van der Waals surface area contributed by atoms with E-state index in [1.807, 2.05) is 32.9 Å². The van der Waals surface area contributed by atoms with E-state index in [4.69, 9.17) is 13.9 Å². The number of rotatable bonds is 6. The summed E-state index contributed by atoms with van der Waals surface area (Å²) in [6, 6.07) is 8.96. The van der Waals surface area contributed by atoms with Crippen molar-refractivity contribution in [2.45, 2.75) is 33.4 Å². The number of nitrogens with zero attached hydrogens (tertiary/aromatic N) is 1. The van der Waals surface area contributed by atoms with Crippen LogP contribution in [0.3, 0.4) is 0 Å². The quantitative estimate of drug-likeness (QED) is 0.816. The summed E-state index contributed by atoms with van der Waals surface area (Å²) < 4.78 is 16.5. The molecule has 2 aromatic rings. The molecule has 124 valence electrons. The number of carbonyl (C=O) groups is 1. The smallest absolute Gasteiger partial charge is 0.254 e. The van der Waals surface area contributed by atoms with Crippen molar-refractivity contribution in [3.05, 3.63) is 47.4 Å². The van der Waals surface area contributed by atoms with Crippen molar-refractivity contribution in [1.82, 2.24) is 4.90 Å². The van der Waals surface area contributed by atoms with E-state index in [1.165, 1.54) is 0 Å². The third-order valence-electron chi connectivity index (χ3n) is 3.31. The molecule has 0 radical (unpaired) electrons. The van der Waals surface area contributed by atoms with E-state index in [9.17, 15) is 4.79 Å². The zero-order chi connectivity index (χ0) is 17.0. The molecule has 0 aliphatic heterocycles. The second-order valence-electron chi connectivity index (χ2n) is 5.71. The van der Waals surface area contributed by atoms with Gasteiger partial charge in [0.2, 0.25) is 0 Å². The van der Waals surface area contributed by atoms with E-state index in [2.05, 4.69) is 0 Å². The van der Waals surface area contributed by atoms with Gasteiger partial charge in [-0.1, -0.05) is 0 Å². The summed E-state index contributed by atoms with van der Waals surface area (Å²) in [6.45, 7) is 6.18. The summed E-state index contributed by atoms with van der Waals surface area (Å²) in [7, 11) is 3.30. The number of furan rings is 1. The van der Waals surface area contributed by atoms with Crippen molar-refractivity contribution in [1.29, 1.82) is 0 Å². The summed E-state index contributed by atoms with van der Waals surface area (Å²) in [5.41, 5.74) is 0.545. The van der Waals surface area contributed by atoms with E-state index >= 15 is 0 Å². The lowest BCUT2D eigenvalue weighted by molar-refractivity contribution is 0.0774. The van der Waals surface area contributed by atoms with E-state index in [1.54, 1.807) is 37.3 Å². The first kappa shape index (κ1) is 16.9. The summed E-state index contributed by atoms with van der Waals surface area (Å²) in [5.74, 6) is 2.66. The number of hydrogen-bond acceptors (Lipinski definition) is 4. The Labute approximate surface area is 136 Å². The molecular formula is C18H23NO4. The van der Waals surface area contributed by atoms with Crippen LogP contribution in [0.1, 0.15) is 35.7 Å². The molecule has 5 heteroatoms. The fourth-order valence-corrected chi connectivity index (χ4v) is 2.25. The summed E-state index contributed by atoms with van der Waals surface area (Å²) in [6.07, 6.45) is 0.0373. The Balaban J connectivity index is 2.14. The number of ether oxygens (including phenoxy) is 2. The molecule has 0 fully saturated rings. The Kier molecular flexibility index (Phi) is 5.32. The maximum atomic E-state index is 12.5. The second-order valence-corrected chi connectivity index (χ2v) is 5.71. The molecule has 0 saturated carbocycles. The second kappa shape index (κ2) is 7.22. The highest BCUT2D eigenvalue weighted by molar-refractivity contribution is 5.94.